The zero-order valence-electron chi connectivity index (χ0n) is 7.55. The highest BCUT2D eigenvalue weighted by atomic mass is 13.9. The van der Waals surface area contributed by atoms with Gasteiger partial charge in [0.25, 0.3) is 0 Å². The Kier molecular flexibility index (Phi) is 9.03. The average Bonchev–Trinajstić information content (AvgIpc) is 2.03. The minimum absolute atomic E-state index is 0.888. The van der Waals surface area contributed by atoms with Gasteiger partial charge in [-0.05, 0) is 26.2 Å². The summed E-state index contributed by atoms with van der Waals surface area (Å²) in [5.74, 6) is 0. The number of rotatable bonds is 6. The van der Waals surface area contributed by atoms with Crippen LogP contribution in [0.3, 0.4) is 0 Å². The molecule has 0 saturated carbocycles. The Morgan fingerprint density at radius 2 is 1.82 bits per heavy atom. The molecule has 0 amide bonds. The van der Waals surface area contributed by atoms with Gasteiger partial charge in [0, 0.05) is 0 Å². The number of hydrogen-bond acceptors (Lipinski definition) is 0. The quantitative estimate of drug-likeness (QED) is 0.399. The van der Waals surface area contributed by atoms with Gasteiger partial charge in [-0.15, -0.1) is 0 Å². The lowest BCUT2D eigenvalue weighted by Gasteiger charge is -1.89. The summed E-state index contributed by atoms with van der Waals surface area (Å²) in [4.78, 5) is 0. The fraction of sp³-hybridized carbons (Fsp3) is 0.545. The third-order valence-electron chi connectivity index (χ3n) is 1.52. The zero-order chi connectivity index (χ0) is 8.36. The number of hydrogen-bond donors (Lipinski definition) is 0. The van der Waals surface area contributed by atoms with Gasteiger partial charge >= 0.3 is 0 Å². The molecule has 0 heterocycles. The van der Waals surface area contributed by atoms with Crippen LogP contribution in [0.2, 0.25) is 0 Å². The predicted molar refractivity (Wildman–Crippen MR) is 52.4 cm³/mol. The molecule has 0 aliphatic heterocycles. The maximum Gasteiger partial charge on any atom is -0.0347 e. The van der Waals surface area contributed by atoms with Crippen LogP contribution in [0.25, 0.3) is 0 Å². The van der Waals surface area contributed by atoms with E-state index in [-0.39, 0.29) is 0 Å². The molecule has 0 aliphatic carbocycles. The first kappa shape index (κ1) is 10.5. The second-order valence-corrected chi connectivity index (χ2v) is 2.64. The highest BCUT2D eigenvalue weighted by molar-refractivity contribution is 5.02. The third kappa shape index (κ3) is 9.48. The van der Waals surface area contributed by atoms with Gasteiger partial charge in [0.05, 0.1) is 0 Å². The standard InChI is InChI=1S/C11H19/c1-3-5-7-9-11-10-8-6-4-2/h5,7,9,11H,1,3-4,6,8,10H2,2H3/b7-5+,11-9+. The normalized spacial score (nSPS) is 11.8. The minimum atomic E-state index is 0.888. The van der Waals surface area contributed by atoms with E-state index in [1.54, 1.807) is 0 Å². The summed E-state index contributed by atoms with van der Waals surface area (Å²) in [7, 11) is 0. The molecule has 0 aliphatic rings. The van der Waals surface area contributed by atoms with E-state index in [2.05, 4.69) is 38.2 Å². The summed E-state index contributed by atoms with van der Waals surface area (Å²) in [5, 5.41) is 0. The maximum atomic E-state index is 3.71. The second-order valence-electron chi connectivity index (χ2n) is 2.64. The SMILES string of the molecule is [CH2]C/C=C/C=C/CCCCC. The van der Waals surface area contributed by atoms with Crippen molar-refractivity contribution in [1.29, 1.82) is 0 Å². The van der Waals surface area contributed by atoms with E-state index in [0.29, 0.717) is 0 Å². The average molecular weight is 151 g/mol. The van der Waals surface area contributed by atoms with E-state index in [0.717, 1.165) is 6.42 Å². The first-order chi connectivity index (χ1) is 5.41. The van der Waals surface area contributed by atoms with Crippen molar-refractivity contribution in [2.45, 2.75) is 39.0 Å². The summed E-state index contributed by atoms with van der Waals surface area (Å²) in [6.45, 7) is 5.94. The Morgan fingerprint density at radius 1 is 1.09 bits per heavy atom. The molecule has 0 spiro atoms. The molecule has 0 rings (SSSR count). The van der Waals surface area contributed by atoms with E-state index >= 15 is 0 Å². The van der Waals surface area contributed by atoms with Crippen LogP contribution in [0.5, 0.6) is 0 Å². The van der Waals surface area contributed by atoms with Crippen LogP contribution >= 0.6 is 0 Å². The van der Waals surface area contributed by atoms with Crippen LogP contribution in [0.15, 0.2) is 24.3 Å². The summed E-state index contributed by atoms with van der Waals surface area (Å²) in [6, 6.07) is 0. The van der Waals surface area contributed by atoms with Gasteiger partial charge in [-0.25, -0.2) is 0 Å². The Bertz CT molecular complexity index is 109. The summed E-state index contributed by atoms with van der Waals surface area (Å²) in [6.07, 6.45) is 14.6. The Labute approximate surface area is 71.0 Å². The van der Waals surface area contributed by atoms with Crippen molar-refractivity contribution < 1.29 is 0 Å². The largest absolute Gasteiger partial charge is 0.0845 e. The predicted octanol–water partition coefficient (Wildman–Crippen LogP) is 3.90. The van der Waals surface area contributed by atoms with Crippen molar-refractivity contribution in [3.8, 4) is 0 Å². The lowest BCUT2D eigenvalue weighted by atomic mass is 10.2. The molecule has 1 radical (unpaired) electrons. The number of unbranched alkanes of at least 4 members (excludes halogenated alkanes) is 3. The molecule has 0 atom stereocenters. The fourth-order valence-electron chi connectivity index (χ4n) is 0.862. The van der Waals surface area contributed by atoms with Crippen molar-refractivity contribution in [2.75, 3.05) is 0 Å². The van der Waals surface area contributed by atoms with Gasteiger partial charge in [-0.3, -0.25) is 0 Å². The molecule has 0 bridgehead atoms. The van der Waals surface area contributed by atoms with Crippen molar-refractivity contribution in [3.05, 3.63) is 31.2 Å². The van der Waals surface area contributed by atoms with E-state index < -0.39 is 0 Å². The molecule has 0 heteroatoms. The third-order valence-corrected chi connectivity index (χ3v) is 1.52. The molecule has 0 N–H and O–H groups in total. The molecule has 0 saturated heterocycles. The van der Waals surface area contributed by atoms with Crippen molar-refractivity contribution in [3.63, 3.8) is 0 Å². The molecular weight excluding hydrogens is 132 g/mol. The highest BCUT2D eigenvalue weighted by Crippen LogP contribution is 1.99. The first-order valence-electron chi connectivity index (χ1n) is 4.52. The van der Waals surface area contributed by atoms with Gasteiger partial charge < -0.3 is 0 Å². The first-order valence-corrected chi connectivity index (χ1v) is 4.52. The Morgan fingerprint density at radius 3 is 2.45 bits per heavy atom. The lowest BCUT2D eigenvalue weighted by Crippen LogP contribution is -1.69. The van der Waals surface area contributed by atoms with Gasteiger partial charge in [-0.2, -0.15) is 0 Å². The molecular formula is C11H19. The molecule has 0 aromatic carbocycles. The van der Waals surface area contributed by atoms with Gasteiger partial charge in [-0.1, -0.05) is 44.1 Å². The van der Waals surface area contributed by atoms with Crippen LogP contribution in [0, 0.1) is 6.92 Å². The van der Waals surface area contributed by atoms with E-state index in [1.807, 2.05) is 0 Å². The van der Waals surface area contributed by atoms with Crippen LogP contribution in [-0.4, -0.2) is 0 Å². The van der Waals surface area contributed by atoms with Crippen molar-refractivity contribution in [1.82, 2.24) is 0 Å². The van der Waals surface area contributed by atoms with Gasteiger partial charge in [0.15, 0.2) is 0 Å². The van der Waals surface area contributed by atoms with Crippen molar-refractivity contribution >= 4 is 0 Å². The van der Waals surface area contributed by atoms with E-state index in [4.69, 9.17) is 0 Å². The molecule has 0 nitrogen and oxygen atoms in total. The molecule has 63 valence electrons. The van der Waals surface area contributed by atoms with E-state index in [1.165, 1.54) is 25.7 Å². The monoisotopic (exact) mass is 151 g/mol. The summed E-state index contributed by atoms with van der Waals surface area (Å²) >= 11 is 0. The molecule has 0 aromatic rings. The molecule has 11 heavy (non-hydrogen) atoms. The van der Waals surface area contributed by atoms with Gasteiger partial charge in [0.1, 0.15) is 0 Å². The van der Waals surface area contributed by atoms with Crippen LogP contribution in [0.4, 0.5) is 0 Å². The van der Waals surface area contributed by atoms with Crippen LogP contribution in [-0.2, 0) is 0 Å². The smallest absolute Gasteiger partial charge is 0.0347 e. The number of allylic oxidation sites excluding steroid dienone is 4. The van der Waals surface area contributed by atoms with E-state index in [9.17, 15) is 0 Å². The second kappa shape index (κ2) is 9.48. The van der Waals surface area contributed by atoms with Crippen LogP contribution in [0.1, 0.15) is 39.0 Å². The Balaban J connectivity index is 3.09. The lowest BCUT2D eigenvalue weighted by molar-refractivity contribution is 0.729. The summed E-state index contributed by atoms with van der Waals surface area (Å²) < 4.78 is 0. The molecule has 0 aromatic heterocycles. The zero-order valence-corrected chi connectivity index (χ0v) is 7.55. The van der Waals surface area contributed by atoms with Crippen molar-refractivity contribution in [2.24, 2.45) is 0 Å². The molecule has 0 fully saturated rings. The maximum absolute atomic E-state index is 3.71. The molecule has 0 unspecified atom stereocenters. The summed E-state index contributed by atoms with van der Waals surface area (Å²) in [5.41, 5.74) is 0. The highest BCUT2D eigenvalue weighted by Gasteiger charge is 1.79. The minimum Gasteiger partial charge on any atom is -0.0845 e. The Hall–Kier alpha value is -0.520. The fourth-order valence-corrected chi connectivity index (χ4v) is 0.862. The van der Waals surface area contributed by atoms with Gasteiger partial charge in [0.2, 0.25) is 0 Å². The topological polar surface area (TPSA) is 0 Å². The van der Waals surface area contributed by atoms with Crippen LogP contribution < -0.4 is 0 Å².